The fourth-order valence-corrected chi connectivity index (χ4v) is 4.47. The first-order valence-corrected chi connectivity index (χ1v) is 11.0. The number of halogens is 1. The van der Waals surface area contributed by atoms with Crippen LogP contribution in [0.2, 0.25) is 5.02 Å². The van der Waals surface area contributed by atoms with E-state index in [4.69, 9.17) is 11.6 Å². The topological polar surface area (TPSA) is 81.1 Å². The van der Waals surface area contributed by atoms with Gasteiger partial charge in [0.1, 0.15) is 6.54 Å². The lowest BCUT2D eigenvalue weighted by atomic mass is 10.2. The summed E-state index contributed by atoms with van der Waals surface area (Å²) in [5, 5.41) is 4.81. The van der Waals surface area contributed by atoms with Crippen LogP contribution in [-0.2, 0) is 21.2 Å². The molecule has 0 saturated carbocycles. The summed E-state index contributed by atoms with van der Waals surface area (Å²) in [6, 6.07) is 12.2. The van der Waals surface area contributed by atoms with E-state index in [0.29, 0.717) is 15.7 Å². The molecule has 1 amide bonds. The van der Waals surface area contributed by atoms with Gasteiger partial charge in [0.25, 0.3) is 0 Å². The molecule has 0 radical (unpaired) electrons. The van der Waals surface area contributed by atoms with Crippen LogP contribution >= 0.6 is 22.9 Å². The third-order valence-corrected chi connectivity index (χ3v) is 6.38. The van der Waals surface area contributed by atoms with Crippen LogP contribution in [0.1, 0.15) is 0 Å². The van der Waals surface area contributed by atoms with Crippen LogP contribution in [0.3, 0.4) is 0 Å². The fourth-order valence-electron chi connectivity index (χ4n) is 2.80. The summed E-state index contributed by atoms with van der Waals surface area (Å²) >= 11 is 7.33. The number of carbonyl (C=O) groups is 1. The highest BCUT2D eigenvalue weighted by molar-refractivity contribution is 7.90. The zero-order valence-corrected chi connectivity index (χ0v) is 16.5. The van der Waals surface area contributed by atoms with E-state index < -0.39 is 9.84 Å². The quantitative estimate of drug-likeness (QED) is 0.543. The molecule has 0 aliphatic heterocycles. The number of carbonyl (C=O) groups excluding carboxylic acids is 1. The van der Waals surface area contributed by atoms with Crippen molar-refractivity contribution in [1.29, 1.82) is 0 Å². The van der Waals surface area contributed by atoms with Gasteiger partial charge in [0, 0.05) is 23.0 Å². The minimum Gasteiger partial charge on any atom is -0.338 e. The molecule has 0 unspecified atom stereocenters. The van der Waals surface area contributed by atoms with E-state index in [1.165, 1.54) is 23.5 Å². The molecule has 0 aliphatic rings. The molecule has 6 nitrogen and oxygen atoms in total. The molecule has 0 spiro atoms. The Morgan fingerprint density at radius 1 is 1.22 bits per heavy atom. The van der Waals surface area contributed by atoms with Crippen molar-refractivity contribution < 1.29 is 13.2 Å². The zero-order valence-electron chi connectivity index (χ0n) is 14.1. The summed E-state index contributed by atoms with van der Waals surface area (Å²) in [7, 11) is -3.30. The Kier molecular flexibility index (Phi) is 4.41. The van der Waals surface area contributed by atoms with Gasteiger partial charge in [0.2, 0.25) is 5.91 Å². The van der Waals surface area contributed by atoms with E-state index in [9.17, 15) is 13.2 Å². The van der Waals surface area contributed by atoms with Gasteiger partial charge >= 0.3 is 0 Å². The van der Waals surface area contributed by atoms with Crippen molar-refractivity contribution >= 4 is 64.9 Å². The van der Waals surface area contributed by atoms with Crippen molar-refractivity contribution in [2.24, 2.45) is 0 Å². The SMILES string of the molecule is CS(=O)(=O)c1ccc2sc(NC(=O)Cn3ccc4ccc(Cl)cc43)nc2c1. The first-order chi connectivity index (χ1) is 12.8. The highest BCUT2D eigenvalue weighted by Crippen LogP contribution is 2.28. The smallest absolute Gasteiger partial charge is 0.246 e. The Bertz CT molecular complexity index is 1290. The molecular formula is C18H14ClN3O3S2. The number of thiazole rings is 1. The zero-order chi connectivity index (χ0) is 19.2. The molecule has 2 aromatic heterocycles. The van der Waals surface area contributed by atoms with Crippen LogP contribution in [0.25, 0.3) is 21.1 Å². The highest BCUT2D eigenvalue weighted by Gasteiger charge is 2.13. The minimum atomic E-state index is -3.30. The van der Waals surface area contributed by atoms with Crippen LogP contribution < -0.4 is 5.32 Å². The lowest BCUT2D eigenvalue weighted by molar-refractivity contribution is -0.116. The Labute approximate surface area is 164 Å². The maximum Gasteiger partial charge on any atom is 0.246 e. The monoisotopic (exact) mass is 419 g/mol. The molecule has 2 heterocycles. The van der Waals surface area contributed by atoms with Crippen molar-refractivity contribution in [3.8, 4) is 0 Å². The van der Waals surface area contributed by atoms with Gasteiger partial charge in [-0.1, -0.05) is 29.0 Å². The summed E-state index contributed by atoms with van der Waals surface area (Å²) in [6.07, 6.45) is 2.98. The maximum absolute atomic E-state index is 12.4. The second-order valence-electron chi connectivity index (χ2n) is 6.12. The number of hydrogen-bond acceptors (Lipinski definition) is 5. The number of benzene rings is 2. The first kappa shape index (κ1) is 18.0. The average Bonchev–Trinajstić information content (AvgIpc) is 3.16. The third-order valence-electron chi connectivity index (χ3n) is 4.08. The Balaban J connectivity index is 1.56. The van der Waals surface area contributed by atoms with Crippen molar-refractivity contribution in [2.75, 3.05) is 11.6 Å². The molecule has 27 heavy (non-hydrogen) atoms. The van der Waals surface area contributed by atoms with Gasteiger partial charge in [-0.3, -0.25) is 4.79 Å². The highest BCUT2D eigenvalue weighted by atomic mass is 35.5. The van der Waals surface area contributed by atoms with E-state index in [1.807, 2.05) is 29.0 Å². The standard InChI is InChI=1S/C18H14ClN3O3S2/c1-27(24,25)13-4-5-16-14(9-13)20-18(26-16)21-17(23)10-22-7-6-11-2-3-12(19)8-15(11)22/h2-9H,10H2,1H3,(H,20,21,23). The summed E-state index contributed by atoms with van der Waals surface area (Å²) in [5.41, 5.74) is 1.41. The number of anilines is 1. The van der Waals surface area contributed by atoms with Crippen LogP contribution in [0, 0.1) is 0 Å². The van der Waals surface area contributed by atoms with Crippen molar-refractivity contribution in [1.82, 2.24) is 9.55 Å². The molecule has 0 saturated heterocycles. The second kappa shape index (κ2) is 6.63. The third kappa shape index (κ3) is 3.69. The molecule has 138 valence electrons. The van der Waals surface area contributed by atoms with Crippen molar-refractivity contribution in [2.45, 2.75) is 11.4 Å². The minimum absolute atomic E-state index is 0.119. The lowest BCUT2D eigenvalue weighted by Gasteiger charge is -2.05. The van der Waals surface area contributed by atoms with E-state index in [-0.39, 0.29) is 17.3 Å². The second-order valence-corrected chi connectivity index (χ2v) is 9.60. The van der Waals surface area contributed by atoms with Gasteiger partial charge in [-0.25, -0.2) is 13.4 Å². The first-order valence-electron chi connectivity index (χ1n) is 7.94. The van der Waals surface area contributed by atoms with Crippen LogP contribution in [-0.4, -0.2) is 30.1 Å². The van der Waals surface area contributed by atoms with Crippen molar-refractivity contribution in [3.05, 3.63) is 53.7 Å². The molecule has 0 atom stereocenters. The predicted molar refractivity (Wildman–Crippen MR) is 108 cm³/mol. The largest absolute Gasteiger partial charge is 0.338 e. The number of fused-ring (bicyclic) bond motifs is 2. The van der Waals surface area contributed by atoms with Crippen LogP contribution in [0.5, 0.6) is 0 Å². The molecule has 9 heteroatoms. The average molecular weight is 420 g/mol. The Morgan fingerprint density at radius 2 is 2.04 bits per heavy atom. The van der Waals surface area contributed by atoms with Crippen LogP contribution in [0.15, 0.2) is 53.6 Å². The number of amides is 1. The molecule has 0 fully saturated rings. The number of nitrogens with zero attached hydrogens (tertiary/aromatic N) is 2. The molecule has 0 bridgehead atoms. The number of rotatable bonds is 4. The molecule has 0 aliphatic carbocycles. The summed E-state index contributed by atoms with van der Waals surface area (Å²) in [6.45, 7) is 0.119. The van der Waals surface area contributed by atoms with Gasteiger partial charge in [0.05, 0.1) is 15.1 Å². The van der Waals surface area contributed by atoms with Gasteiger partial charge < -0.3 is 9.88 Å². The molecule has 4 rings (SSSR count). The number of sulfone groups is 1. The Hall–Kier alpha value is -2.42. The summed E-state index contributed by atoms with van der Waals surface area (Å²) < 4.78 is 25.9. The maximum atomic E-state index is 12.4. The van der Waals surface area contributed by atoms with E-state index in [0.717, 1.165) is 21.9 Å². The molecule has 1 N–H and O–H groups in total. The molecule has 4 aromatic rings. The van der Waals surface area contributed by atoms with E-state index in [1.54, 1.807) is 12.1 Å². The van der Waals surface area contributed by atoms with Gasteiger partial charge in [0.15, 0.2) is 15.0 Å². The summed E-state index contributed by atoms with van der Waals surface area (Å²) in [5.74, 6) is -0.227. The fraction of sp³-hybridized carbons (Fsp3) is 0.111. The number of aromatic nitrogens is 2. The lowest BCUT2D eigenvalue weighted by Crippen LogP contribution is -2.18. The molecular weight excluding hydrogens is 406 g/mol. The van der Waals surface area contributed by atoms with Gasteiger partial charge in [-0.05, 0) is 41.8 Å². The van der Waals surface area contributed by atoms with Gasteiger partial charge in [-0.15, -0.1) is 0 Å². The number of hydrogen-bond donors (Lipinski definition) is 1. The summed E-state index contributed by atoms with van der Waals surface area (Å²) in [4.78, 5) is 16.9. The van der Waals surface area contributed by atoms with E-state index >= 15 is 0 Å². The number of nitrogens with one attached hydrogen (secondary N) is 1. The van der Waals surface area contributed by atoms with Crippen LogP contribution in [0.4, 0.5) is 5.13 Å². The van der Waals surface area contributed by atoms with Gasteiger partial charge in [-0.2, -0.15) is 0 Å². The Morgan fingerprint density at radius 3 is 2.81 bits per heavy atom. The predicted octanol–water partition coefficient (Wildman–Crippen LogP) is 3.95. The van der Waals surface area contributed by atoms with Crippen molar-refractivity contribution in [3.63, 3.8) is 0 Å². The normalized spacial score (nSPS) is 11.9. The molecule has 2 aromatic carbocycles. The van der Waals surface area contributed by atoms with E-state index in [2.05, 4.69) is 10.3 Å².